The molecule has 0 spiro atoms. The molecule has 1 rings (SSSR count). The van der Waals surface area contributed by atoms with Crippen molar-refractivity contribution < 1.29 is 15.0 Å². The smallest absolute Gasteiger partial charge is 0.253 e. The van der Waals surface area contributed by atoms with Gasteiger partial charge < -0.3 is 21.3 Å². The number of nitrogen functional groups attached to an aromatic ring is 1. The molecule has 1 atom stereocenters. The molecular weight excluding hydrogens is 244 g/mol. The molecule has 5 nitrogen and oxygen atoms in total. The van der Waals surface area contributed by atoms with E-state index in [4.69, 9.17) is 10.8 Å². The molecule has 0 radical (unpaired) electrons. The van der Waals surface area contributed by atoms with Crippen molar-refractivity contribution in [3.63, 3.8) is 0 Å². The Bertz CT molecular complexity index is 452. The number of anilines is 1. The quantitative estimate of drug-likeness (QED) is 0.490. The van der Waals surface area contributed by atoms with Gasteiger partial charge in [0.05, 0.1) is 5.56 Å². The van der Waals surface area contributed by atoms with Crippen molar-refractivity contribution in [2.75, 3.05) is 12.3 Å². The average Bonchev–Trinajstić information content (AvgIpc) is 2.30. The molecule has 0 saturated carbocycles. The third-order valence-corrected chi connectivity index (χ3v) is 3.05. The zero-order valence-electron chi connectivity index (χ0n) is 11.6. The van der Waals surface area contributed by atoms with Gasteiger partial charge in [-0.2, -0.15) is 0 Å². The second-order valence-corrected chi connectivity index (χ2v) is 5.68. The molecule has 106 valence electrons. The highest BCUT2D eigenvalue weighted by Gasteiger charge is 2.26. The second kappa shape index (κ2) is 5.93. The summed E-state index contributed by atoms with van der Waals surface area (Å²) in [5.74, 6) is -0.351. The van der Waals surface area contributed by atoms with Gasteiger partial charge in [0.25, 0.3) is 5.91 Å². The van der Waals surface area contributed by atoms with E-state index in [9.17, 15) is 9.90 Å². The molecule has 0 fully saturated rings. The number of nitrogens with two attached hydrogens (primary N) is 1. The Hall–Kier alpha value is -1.75. The average molecular weight is 266 g/mol. The molecule has 0 saturated heterocycles. The first-order valence-corrected chi connectivity index (χ1v) is 6.26. The lowest BCUT2D eigenvalue weighted by Crippen LogP contribution is -2.44. The predicted molar refractivity (Wildman–Crippen MR) is 74.9 cm³/mol. The molecule has 0 aliphatic rings. The lowest BCUT2D eigenvalue weighted by atomic mass is 9.84. The molecule has 1 aromatic rings. The van der Waals surface area contributed by atoms with E-state index in [2.05, 4.69) is 5.32 Å². The summed E-state index contributed by atoms with van der Waals surface area (Å²) in [6, 6.07) is 4.08. The fourth-order valence-electron chi connectivity index (χ4n) is 1.83. The minimum atomic E-state index is -0.346. The monoisotopic (exact) mass is 266 g/mol. The Morgan fingerprint density at radius 2 is 2.05 bits per heavy atom. The second-order valence-electron chi connectivity index (χ2n) is 5.68. The molecule has 5 N–H and O–H groups in total. The van der Waals surface area contributed by atoms with Crippen LogP contribution in [0.2, 0.25) is 0 Å². The lowest BCUT2D eigenvalue weighted by molar-refractivity contribution is 0.0885. The molecule has 19 heavy (non-hydrogen) atoms. The van der Waals surface area contributed by atoms with Crippen molar-refractivity contribution in [1.82, 2.24) is 5.32 Å². The van der Waals surface area contributed by atoms with E-state index < -0.39 is 0 Å². The van der Waals surface area contributed by atoms with Crippen molar-refractivity contribution in [1.29, 1.82) is 0 Å². The molecule has 0 aromatic heterocycles. The Morgan fingerprint density at radius 1 is 1.42 bits per heavy atom. The van der Waals surface area contributed by atoms with Crippen LogP contribution in [0.1, 0.15) is 37.6 Å². The fraction of sp³-hybridized carbons (Fsp3) is 0.500. The van der Waals surface area contributed by atoms with Gasteiger partial charge in [-0.3, -0.25) is 4.79 Å². The number of benzene rings is 1. The van der Waals surface area contributed by atoms with E-state index in [1.54, 1.807) is 0 Å². The molecule has 0 heterocycles. The summed E-state index contributed by atoms with van der Waals surface area (Å²) < 4.78 is 0. The molecule has 0 aliphatic carbocycles. The number of amides is 1. The third-order valence-electron chi connectivity index (χ3n) is 3.05. The van der Waals surface area contributed by atoms with Gasteiger partial charge in [-0.05, 0) is 30.0 Å². The van der Waals surface area contributed by atoms with Crippen LogP contribution in [0.15, 0.2) is 18.2 Å². The molecule has 5 heteroatoms. The molecule has 1 unspecified atom stereocenters. The minimum absolute atomic E-state index is 0.00224. The topological polar surface area (TPSA) is 95.6 Å². The third kappa shape index (κ3) is 4.13. The number of hydrogen-bond donors (Lipinski definition) is 4. The number of aliphatic hydroxyl groups is 1. The van der Waals surface area contributed by atoms with Crippen LogP contribution in [0.5, 0.6) is 5.75 Å². The number of phenols is 1. The van der Waals surface area contributed by atoms with Gasteiger partial charge in [0.15, 0.2) is 0 Å². The highest BCUT2D eigenvalue weighted by Crippen LogP contribution is 2.23. The number of aromatic hydroxyl groups is 1. The Kier molecular flexibility index (Phi) is 4.78. The van der Waals surface area contributed by atoms with Crippen LogP contribution in [0.25, 0.3) is 0 Å². The Labute approximate surface area is 113 Å². The van der Waals surface area contributed by atoms with Crippen LogP contribution < -0.4 is 11.1 Å². The fourth-order valence-corrected chi connectivity index (χ4v) is 1.83. The normalized spacial score (nSPS) is 13.1. The van der Waals surface area contributed by atoms with Crippen LogP contribution in [-0.2, 0) is 0 Å². The van der Waals surface area contributed by atoms with Crippen LogP contribution in [0, 0.1) is 5.41 Å². The molecule has 1 aromatic carbocycles. The van der Waals surface area contributed by atoms with Crippen molar-refractivity contribution in [3.05, 3.63) is 23.8 Å². The maximum Gasteiger partial charge on any atom is 0.253 e. The maximum atomic E-state index is 12.2. The number of hydrogen-bond acceptors (Lipinski definition) is 4. The van der Waals surface area contributed by atoms with Gasteiger partial charge in [0.1, 0.15) is 5.75 Å². The summed E-state index contributed by atoms with van der Waals surface area (Å²) in [4.78, 5) is 12.2. The van der Waals surface area contributed by atoms with E-state index in [-0.39, 0.29) is 35.3 Å². The predicted octanol–water partition coefficient (Wildman–Crippen LogP) is 1.50. The zero-order chi connectivity index (χ0) is 14.6. The van der Waals surface area contributed by atoms with E-state index in [1.807, 2.05) is 20.8 Å². The summed E-state index contributed by atoms with van der Waals surface area (Å²) in [5, 5.41) is 21.3. The van der Waals surface area contributed by atoms with Gasteiger partial charge in [0, 0.05) is 18.3 Å². The lowest BCUT2D eigenvalue weighted by Gasteiger charge is -2.31. The summed E-state index contributed by atoms with van der Waals surface area (Å²) in [6.45, 7) is 5.95. The van der Waals surface area contributed by atoms with E-state index in [1.165, 1.54) is 18.2 Å². The maximum absolute atomic E-state index is 12.2. The minimum Gasteiger partial charge on any atom is -0.508 e. The van der Waals surface area contributed by atoms with Crippen LogP contribution in [-0.4, -0.2) is 28.8 Å². The standard InChI is InChI=1S/C14H22N2O3/c1-14(2,3)12(6-7-17)16-13(19)10-8-9(18)4-5-11(10)15/h4-5,8,12,17-18H,6-7,15H2,1-3H3,(H,16,19). The number of aliphatic hydroxyl groups excluding tert-OH is 1. The van der Waals surface area contributed by atoms with Crippen LogP contribution in [0.3, 0.4) is 0 Å². The zero-order valence-corrected chi connectivity index (χ0v) is 11.6. The number of carbonyl (C=O) groups excluding carboxylic acids is 1. The molecule has 0 bridgehead atoms. The van der Waals surface area contributed by atoms with Gasteiger partial charge in [-0.1, -0.05) is 20.8 Å². The molecule has 0 aliphatic heterocycles. The first kappa shape index (κ1) is 15.3. The molecular formula is C14H22N2O3. The van der Waals surface area contributed by atoms with E-state index in [0.717, 1.165) is 0 Å². The highest BCUT2D eigenvalue weighted by atomic mass is 16.3. The Morgan fingerprint density at radius 3 is 2.58 bits per heavy atom. The number of phenolic OH excluding ortho intramolecular Hbond substituents is 1. The van der Waals surface area contributed by atoms with E-state index in [0.29, 0.717) is 12.1 Å². The van der Waals surface area contributed by atoms with Crippen LogP contribution >= 0.6 is 0 Å². The van der Waals surface area contributed by atoms with Gasteiger partial charge >= 0.3 is 0 Å². The summed E-state index contributed by atoms with van der Waals surface area (Å²) in [7, 11) is 0. The van der Waals surface area contributed by atoms with Crippen molar-refractivity contribution in [2.45, 2.75) is 33.2 Å². The van der Waals surface area contributed by atoms with Crippen molar-refractivity contribution in [2.24, 2.45) is 5.41 Å². The molecule has 1 amide bonds. The summed E-state index contributed by atoms with van der Waals surface area (Å²) in [6.07, 6.45) is 0.466. The van der Waals surface area contributed by atoms with Gasteiger partial charge in [0.2, 0.25) is 0 Å². The SMILES string of the molecule is CC(C)(C)C(CCO)NC(=O)c1cc(O)ccc1N. The Balaban J connectivity index is 2.91. The first-order valence-electron chi connectivity index (χ1n) is 6.26. The van der Waals surface area contributed by atoms with Gasteiger partial charge in [-0.15, -0.1) is 0 Å². The van der Waals surface area contributed by atoms with Crippen molar-refractivity contribution in [3.8, 4) is 5.75 Å². The number of rotatable bonds is 4. The van der Waals surface area contributed by atoms with Crippen LogP contribution in [0.4, 0.5) is 5.69 Å². The summed E-state index contributed by atoms with van der Waals surface area (Å²) in [5.41, 5.74) is 6.11. The highest BCUT2D eigenvalue weighted by molar-refractivity contribution is 5.99. The van der Waals surface area contributed by atoms with Crippen molar-refractivity contribution >= 4 is 11.6 Å². The van der Waals surface area contributed by atoms with Gasteiger partial charge in [-0.25, -0.2) is 0 Å². The van der Waals surface area contributed by atoms with E-state index >= 15 is 0 Å². The summed E-state index contributed by atoms with van der Waals surface area (Å²) >= 11 is 0. The number of carbonyl (C=O) groups is 1. The largest absolute Gasteiger partial charge is 0.508 e. The first-order chi connectivity index (χ1) is 8.75. The number of nitrogens with one attached hydrogen (secondary N) is 1.